The number of hydrogen-bond acceptors (Lipinski definition) is 4. The van der Waals surface area contributed by atoms with Crippen molar-refractivity contribution in [3.05, 3.63) is 42.1 Å². The zero-order valence-electron chi connectivity index (χ0n) is 10.4. The van der Waals surface area contributed by atoms with Crippen LogP contribution in [0.3, 0.4) is 0 Å². The predicted molar refractivity (Wildman–Crippen MR) is 67.7 cm³/mol. The maximum absolute atomic E-state index is 12.2. The number of carboxylic acids is 1. The van der Waals surface area contributed by atoms with E-state index in [-0.39, 0.29) is 22.5 Å². The number of nitrogens with zero attached hydrogens (tertiary/aromatic N) is 1. The number of rotatable bonds is 3. The van der Waals surface area contributed by atoms with E-state index in [0.717, 1.165) is 18.3 Å². The maximum atomic E-state index is 12.2. The van der Waals surface area contributed by atoms with Gasteiger partial charge in [0.15, 0.2) is 0 Å². The second-order valence-electron chi connectivity index (χ2n) is 4.04. The van der Waals surface area contributed by atoms with Gasteiger partial charge in [-0.25, -0.2) is 4.79 Å². The van der Waals surface area contributed by atoms with Crippen LogP contribution in [-0.4, -0.2) is 22.4 Å². The fourth-order valence-electron chi connectivity index (χ4n) is 1.68. The molecular weight excluding hydrogens is 289 g/mol. The number of halogens is 3. The van der Waals surface area contributed by atoms with Crippen LogP contribution in [0.5, 0.6) is 5.75 Å². The molecule has 2 rings (SSSR count). The molecule has 0 fully saturated rings. The molecule has 1 aromatic carbocycles. The number of aromatic carboxylic acids is 1. The third kappa shape index (κ3) is 3.62. The van der Waals surface area contributed by atoms with Gasteiger partial charge in [0.25, 0.3) is 0 Å². The molecule has 110 valence electrons. The summed E-state index contributed by atoms with van der Waals surface area (Å²) < 4.78 is 40.3. The molecule has 1 heterocycles. The van der Waals surface area contributed by atoms with Crippen LogP contribution in [0.1, 0.15) is 10.4 Å². The summed E-state index contributed by atoms with van der Waals surface area (Å²) in [5.41, 5.74) is 6.07. The Morgan fingerprint density at radius 3 is 2.57 bits per heavy atom. The van der Waals surface area contributed by atoms with Gasteiger partial charge in [0.05, 0.1) is 16.9 Å². The molecule has 2 aromatic rings. The van der Waals surface area contributed by atoms with Crippen molar-refractivity contribution in [2.45, 2.75) is 6.36 Å². The summed E-state index contributed by atoms with van der Waals surface area (Å²) in [5, 5.41) is 8.80. The van der Waals surface area contributed by atoms with Crippen LogP contribution in [0.25, 0.3) is 11.3 Å². The van der Waals surface area contributed by atoms with Crippen molar-refractivity contribution in [1.29, 1.82) is 0 Å². The molecule has 0 unspecified atom stereocenters. The molecule has 0 aliphatic rings. The molecule has 21 heavy (non-hydrogen) atoms. The van der Waals surface area contributed by atoms with Gasteiger partial charge >= 0.3 is 12.3 Å². The Hall–Kier alpha value is -2.77. The molecule has 0 amide bonds. The van der Waals surface area contributed by atoms with Crippen LogP contribution in [0.2, 0.25) is 0 Å². The second-order valence-corrected chi connectivity index (χ2v) is 4.04. The number of ether oxygens (including phenoxy) is 1. The second kappa shape index (κ2) is 5.31. The SMILES string of the molecule is Nc1cc(C(=O)O)cnc1-c1cccc(OC(F)(F)F)c1. The number of alkyl halides is 3. The lowest BCUT2D eigenvalue weighted by molar-refractivity contribution is -0.274. The van der Waals surface area contributed by atoms with Crippen LogP contribution in [-0.2, 0) is 0 Å². The Labute approximate surface area is 116 Å². The summed E-state index contributed by atoms with van der Waals surface area (Å²) in [6.45, 7) is 0. The molecule has 0 atom stereocenters. The van der Waals surface area contributed by atoms with E-state index in [2.05, 4.69) is 9.72 Å². The number of pyridine rings is 1. The molecule has 8 heteroatoms. The van der Waals surface area contributed by atoms with Crippen LogP contribution in [0.15, 0.2) is 36.5 Å². The Morgan fingerprint density at radius 1 is 1.29 bits per heavy atom. The van der Waals surface area contributed by atoms with Gasteiger partial charge in [0.2, 0.25) is 0 Å². The molecule has 3 N–H and O–H groups in total. The zero-order chi connectivity index (χ0) is 15.6. The Kier molecular flexibility index (Phi) is 3.70. The largest absolute Gasteiger partial charge is 0.573 e. The monoisotopic (exact) mass is 298 g/mol. The number of anilines is 1. The highest BCUT2D eigenvalue weighted by molar-refractivity contribution is 5.90. The summed E-state index contributed by atoms with van der Waals surface area (Å²) in [4.78, 5) is 14.6. The molecule has 0 saturated heterocycles. The first kappa shape index (κ1) is 14.6. The van der Waals surface area contributed by atoms with Crippen molar-refractivity contribution in [3.8, 4) is 17.0 Å². The standard InChI is InChI=1S/C13H9F3N2O3/c14-13(15,16)21-9-3-1-2-7(4-9)11-10(17)5-8(6-18-11)12(19)20/h1-6H,17H2,(H,19,20). The Bertz CT molecular complexity index is 687. The first-order chi connectivity index (χ1) is 9.76. The fraction of sp³-hybridized carbons (Fsp3) is 0.0769. The van der Waals surface area contributed by atoms with Gasteiger partial charge in [-0.05, 0) is 18.2 Å². The lowest BCUT2D eigenvalue weighted by atomic mass is 10.1. The number of carbonyl (C=O) groups is 1. The quantitative estimate of drug-likeness (QED) is 0.910. The smallest absolute Gasteiger partial charge is 0.478 e. The van der Waals surface area contributed by atoms with E-state index >= 15 is 0 Å². The molecule has 0 radical (unpaired) electrons. The van der Waals surface area contributed by atoms with Crippen molar-refractivity contribution in [1.82, 2.24) is 4.98 Å². The molecular formula is C13H9F3N2O3. The third-order valence-electron chi connectivity index (χ3n) is 2.51. The average Bonchev–Trinajstić information content (AvgIpc) is 2.36. The predicted octanol–water partition coefficient (Wildman–Crippen LogP) is 2.93. The van der Waals surface area contributed by atoms with Gasteiger partial charge in [0, 0.05) is 11.8 Å². The normalized spacial score (nSPS) is 11.2. The fourth-order valence-corrected chi connectivity index (χ4v) is 1.68. The van der Waals surface area contributed by atoms with Gasteiger partial charge in [-0.1, -0.05) is 12.1 Å². The van der Waals surface area contributed by atoms with E-state index in [1.54, 1.807) is 0 Å². The van der Waals surface area contributed by atoms with E-state index in [4.69, 9.17) is 10.8 Å². The van der Waals surface area contributed by atoms with Gasteiger partial charge in [-0.2, -0.15) is 0 Å². The highest BCUT2D eigenvalue weighted by Gasteiger charge is 2.31. The number of benzene rings is 1. The Morgan fingerprint density at radius 2 is 2.00 bits per heavy atom. The minimum absolute atomic E-state index is 0.0408. The van der Waals surface area contributed by atoms with Gasteiger partial charge in [-0.3, -0.25) is 4.98 Å². The zero-order valence-corrected chi connectivity index (χ0v) is 10.4. The van der Waals surface area contributed by atoms with Crippen molar-refractivity contribution in [2.75, 3.05) is 5.73 Å². The maximum Gasteiger partial charge on any atom is 0.573 e. The third-order valence-corrected chi connectivity index (χ3v) is 2.51. The van der Waals surface area contributed by atoms with Gasteiger partial charge in [0.1, 0.15) is 5.75 Å². The highest BCUT2D eigenvalue weighted by Crippen LogP contribution is 2.29. The summed E-state index contributed by atoms with van der Waals surface area (Å²) in [6.07, 6.45) is -3.73. The summed E-state index contributed by atoms with van der Waals surface area (Å²) >= 11 is 0. The van der Waals surface area contributed by atoms with Crippen LogP contribution >= 0.6 is 0 Å². The average molecular weight is 298 g/mol. The molecule has 0 aliphatic carbocycles. The number of carboxylic acid groups (broad SMARTS) is 1. The first-order valence-corrected chi connectivity index (χ1v) is 5.61. The topological polar surface area (TPSA) is 85.4 Å². The Balaban J connectivity index is 2.38. The number of aromatic nitrogens is 1. The van der Waals surface area contributed by atoms with E-state index in [1.807, 2.05) is 0 Å². The molecule has 5 nitrogen and oxygen atoms in total. The minimum atomic E-state index is -4.80. The molecule has 1 aromatic heterocycles. The number of nitrogens with two attached hydrogens (primary N) is 1. The van der Waals surface area contributed by atoms with E-state index < -0.39 is 18.1 Å². The van der Waals surface area contributed by atoms with E-state index in [9.17, 15) is 18.0 Å². The molecule has 0 spiro atoms. The van der Waals surface area contributed by atoms with Crippen LogP contribution in [0, 0.1) is 0 Å². The van der Waals surface area contributed by atoms with Crippen molar-refractivity contribution < 1.29 is 27.8 Å². The van der Waals surface area contributed by atoms with Crippen molar-refractivity contribution >= 4 is 11.7 Å². The molecule has 0 bridgehead atoms. The number of nitrogen functional groups attached to an aromatic ring is 1. The van der Waals surface area contributed by atoms with E-state index in [1.165, 1.54) is 18.2 Å². The van der Waals surface area contributed by atoms with Gasteiger partial charge < -0.3 is 15.6 Å². The first-order valence-electron chi connectivity index (χ1n) is 5.61. The van der Waals surface area contributed by atoms with Crippen LogP contribution in [0.4, 0.5) is 18.9 Å². The summed E-state index contributed by atoms with van der Waals surface area (Å²) in [7, 11) is 0. The number of hydrogen-bond donors (Lipinski definition) is 2. The highest BCUT2D eigenvalue weighted by atomic mass is 19.4. The lowest BCUT2D eigenvalue weighted by Gasteiger charge is -2.11. The van der Waals surface area contributed by atoms with Crippen molar-refractivity contribution in [2.24, 2.45) is 0 Å². The van der Waals surface area contributed by atoms with E-state index in [0.29, 0.717) is 0 Å². The van der Waals surface area contributed by atoms with Crippen LogP contribution < -0.4 is 10.5 Å². The molecule has 0 saturated carbocycles. The van der Waals surface area contributed by atoms with Gasteiger partial charge in [-0.15, -0.1) is 13.2 Å². The summed E-state index contributed by atoms with van der Waals surface area (Å²) in [6, 6.07) is 6.28. The van der Waals surface area contributed by atoms with Crippen molar-refractivity contribution in [3.63, 3.8) is 0 Å². The minimum Gasteiger partial charge on any atom is -0.478 e. The molecule has 0 aliphatic heterocycles. The lowest BCUT2D eigenvalue weighted by Crippen LogP contribution is -2.17. The summed E-state index contributed by atoms with van der Waals surface area (Å²) in [5.74, 6) is -1.61.